The highest BCUT2D eigenvalue weighted by Gasteiger charge is 2.33. The molecule has 0 unspecified atom stereocenters. The third kappa shape index (κ3) is 2.44. The maximum Gasteiger partial charge on any atom is 0.119 e. The molecule has 1 aromatic rings. The smallest absolute Gasteiger partial charge is 0.119 e. The van der Waals surface area contributed by atoms with Crippen LogP contribution in [0, 0.1) is 0 Å². The van der Waals surface area contributed by atoms with Crippen LogP contribution in [0.1, 0.15) is 31.7 Å². The van der Waals surface area contributed by atoms with Gasteiger partial charge in [-0.3, -0.25) is 0 Å². The van der Waals surface area contributed by atoms with Crippen LogP contribution in [0.3, 0.4) is 0 Å². The molecule has 1 aliphatic rings. The van der Waals surface area contributed by atoms with Crippen molar-refractivity contribution in [3.63, 3.8) is 0 Å². The molecule has 84 valence electrons. The summed E-state index contributed by atoms with van der Waals surface area (Å²) < 4.78 is 5.38. The SMILES string of the molecule is CCOc1ccc(C2(N)CCC2)cc1.Cl. The number of rotatable bonds is 3. The number of hydrogen-bond acceptors (Lipinski definition) is 2. The Hall–Kier alpha value is -0.730. The van der Waals surface area contributed by atoms with Crippen molar-refractivity contribution >= 4 is 12.4 Å². The first-order valence-electron chi connectivity index (χ1n) is 5.27. The van der Waals surface area contributed by atoms with Crippen LogP contribution in [-0.2, 0) is 5.54 Å². The van der Waals surface area contributed by atoms with Gasteiger partial charge in [-0.2, -0.15) is 0 Å². The Bertz CT molecular complexity index is 306. The van der Waals surface area contributed by atoms with Crippen LogP contribution in [0.25, 0.3) is 0 Å². The number of nitrogens with two attached hydrogens (primary N) is 1. The molecule has 0 aromatic heterocycles. The maximum absolute atomic E-state index is 6.21. The highest BCUT2D eigenvalue weighted by molar-refractivity contribution is 5.85. The van der Waals surface area contributed by atoms with Gasteiger partial charge in [0.2, 0.25) is 0 Å². The number of halogens is 1. The summed E-state index contributed by atoms with van der Waals surface area (Å²) in [5, 5.41) is 0. The maximum atomic E-state index is 6.21. The molecule has 0 saturated heterocycles. The zero-order chi connectivity index (χ0) is 10.0. The number of hydrogen-bond donors (Lipinski definition) is 1. The molecule has 0 radical (unpaired) electrons. The normalized spacial score (nSPS) is 17.5. The van der Waals surface area contributed by atoms with Crippen LogP contribution in [0.5, 0.6) is 5.75 Å². The summed E-state index contributed by atoms with van der Waals surface area (Å²) in [6, 6.07) is 8.19. The minimum Gasteiger partial charge on any atom is -0.494 e. The molecule has 1 fully saturated rings. The lowest BCUT2D eigenvalue weighted by atomic mass is 9.73. The van der Waals surface area contributed by atoms with E-state index in [4.69, 9.17) is 10.5 Å². The third-order valence-corrected chi connectivity index (χ3v) is 2.99. The predicted octanol–water partition coefficient (Wildman–Crippen LogP) is 2.85. The van der Waals surface area contributed by atoms with Crippen molar-refractivity contribution in [3.8, 4) is 5.75 Å². The van der Waals surface area contributed by atoms with E-state index in [2.05, 4.69) is 12.1 Å². The van der Waals surface area contributed by atoms with E-state index >= 15 is 0 Å². The molecule has 2 N–H and O–H groups in total. The largest absolute Gasteiger partial charge is 0.494 e. The van der Waals surface area contributed by atoms with E-state index in [1.165, 1.54) is 12.0 Å². The average molecular weight is 228 g/mol. The molecule has 1 saturated carbocycles. The Balaban J connectivity index is 0.00000112. The van der Waals surface area contributed by atoms with Crippen LogP contribution in [0.2, 0.25) is 0 Å². The summed E-state index contributed by atoms with van der Waals surface area (Å²) in [6.45, 7) is 2.71. The first kappa shape index (κ1) is 12.3. The summed E-state index contributed by atoms with van der Waals surface area (Å²) in [6.07, 6.45) is 3.48. The summed E-state index contributed by atoms with van der Waals surface area (Å²) >= 11 is 0. The molecular formula is C12H18ClNO. The fraction of sp³-hybridized carbons (Fsp3) is 0.500. The van der Waals surface area contributed by atoms with Gasteiger partial charge < -0.3 is 10.5 Å². The van der Waals surface area contributed by atoms with E-state index < -0.39 is 0 Å². The lowest BCUT2D eigenvalue weighted by Crippen LogP contribution is -2.43. The molecular weight excluding hydrogens is 210 g/mol. The van der Waals surface area contributed by atoms with Gasteiger partial charge in [0.1, 0.15) is 5.75 Å². The van der Waals surface area contributed by atoms with Crippen LogP contribution >= 0.6 is 12.4 Å². The zero-order valence-corrected chi connectivity index (χ0v) is 9.85. The lowest BCUT2D eigenvalue weighted by Gasteiger charge is -2.38. The van der Waals surface area contributed by atoms with Gasteiger partial charge in [-0.1, -0.05) is 12.1 Å². The molecule has 0 aliphatic heterocycles. The minimum atomic E-state index is -0.0508. The molecule has 0 atom stereocenters. The van der Waals surface area contributed by atoms with Gasteiger partial charge in [0.25, 0.3) is 0 Å². The van der Waals surface area contributed by atoms with Crippen molar-refractivity contribution in [1.29, 1.82) is 0 Å². The molecule has 15 heavy (non-hydrogen) atoms. The number of ether oxygens (including phenoxy) is 1. The van der Waals surface area contributed by atoms with Crippen LogP contribution in [0.15, 0.2) is 24.3 Å². The number of benzene rings is 1. The van der Waals surface area contributed by atoms with Crippen LogP contribution in [0.4, 0.5) is 0 Å². The minimum absolute atomic E-state index is 0. The fourth-order valence-electron chi connectivity index (χ4n) is 1.90. The van der Waals surface area contributed by atoms with E-state index in [0.717, 1.165) is 18.6 Å². The van der Waals surface area contributed by atoms with E-state index in [1.54, 1.807) is 0 Å². The topological polar surface area (TPSA) is 35.2 Å². The molecule has 3 heteroatoms. The summed E-state index contributed by atoms with van der Waals surface area (Å²) in [5.41, 5.74) is 7.40. The van der Waals surface area contributed by atoms with Crippen LogP contribution < -0.4 is 10.5 Å². The fourth-order valence-corrected chi connectivity index (χ4v) is 1.90. The van der Waals surface area contributed by atoms with Gasteiger partial charge in [0.05, 0.1) is 6.61 Å². The second-order valence-electron chi connectivity index (χ2n) is 3.97. The summed E-state index contributed by atoms with van der Waals surface area (Å²) in [5.74, 6) is 0.930. The van der Waals surface area contributed by atoms with E-state index in [1.807, 2.05) is 19.1 Å². The van der Waals surface area contributed by atoms with Crippen molar-refractivity contribution in [3.05, 3.63) is 29.8 Å². The van der Waals surface area contributed by atoms with Gasteiger partial charge in [0.15, 0.2) is 0 Å². The average Bonchev–Trinajstić information content (AvgIpc) is 2.16. The highest BCUT2D eigenvalue weighted by atomic mass is 35.5. The highest BCUT2D eigenvalue weighted by Crippen LogP contribution is 2.38. The van der Waals surface area contributed by atoms with Gasteiger partial charge in [-0.05, 0) is 43.9 Å². The predicted molar refractivity (Wildman–Crippen MR) is 64.6 cm³/mol. The van der Waals surface area contributed by atoms with Crippen LogP contribution in [-0.4, -0.2) is 6.61 Å². The summed E-state index contributed by atoms with van der Waals surface area (Å²) in [7, 11) is 0. The Labute approximate surface area is 97.2 Å². The van der Waals surface area contributed by atoms with E-state index in [9.17, 15) is 0 Å². The standard InChI is InChI=1S/C12H17NO.ClH/c1-2-14-11-6-4-10(5-7-11)12(13)8-3-9-12;/h4-7H,2-3,8-9,13H2,1H3;1H. The molecule has 0 amide bonds. The van der Waals surface area contributed by atoms with Gasteiger partial charge in [0, 0.05) is 5.54 Å². The molecule has 0 spiro atoms. The molecule has 2 rings (SSSR count). The van der Waals surface area contributed by atoms with Crippen molar-refractivity contribution in [2.75, 3.05) is 6.61 Å². The molecule has 0 heterocycles. The quantitative estimate of drug-likeness (QED) is 0.862. The molecule has 1 aliphatic carbocycles. The van der Waals surface area contributed by atoms with Crippen molar-refractivity contribution in [1.82, 2.24) is 0 Å². The van der Waals surface area contributed by atoms with E-state index in [0.29, 0.717) is 6.61 Å². The van der Waals surface area contributed by atoms with Crippen molar-refractivity contribution in [2.45, 2.75) is 31.7 Å². The zero-order valence-electron chi connectivity index (χ0n) is 9.03. The first-order chi connectivity index (χ1) is 6.74. The Morgan fingerprint density at radius 3 is 2.27 bits per heavy atom. The van der Waals surface area contributed by atoms with Crippen molar-refractivity contribution < 1.29 is 4.74 Å². The first-order valence-corrected chi connectivity index (χ1v) is 5.27. The van der Waals surface area contributed by atoms with E-state index in [-0.39, 0.29) is 17.9 Å². The monoisotopic (exact) mass is 227 g/mol. The lowest BCUT2D eigenvalue weighted by molar-refractivity contribution is 0.253. The molecule has 0 bridgehead atoms. The Morgan fingerprint density at radius 2 is 1.87 bits per heavy atom. The third-order valence-electron chi connectivity index (χ3n) is 2.99. The second kappa shape index (κ2) is 4.86. The Kier molecular flexibility index (Phi) is 4.00. The summed E-state index contributed by atoms with van der Waals surface area (Å²) in [4.78, 5) is 0. The molecule has 2 nitrogen and oxygen atoms in total. The van der Waals surface area contributed by atoms with Gasteiger partial charge >= 0.3 is 0 Å². The second-order valence-corrected chi connectivity index (χ2v) is 3.97. The van der Waals surface area contributed by atoms with Crippen molar-refractivity contribution in [2.24, 2.45) is 5.73 Å². The Morgan fingerprint density at radius 1 is 1.27 bits per heavy atom. The van der Waals surface area contributed by atoms with Gasteiger partial charge in [-0.25, -0.2) is 0 Å². The molecule has 1 aromatic carbocycles. The van der Waals surface area contributed by atoms with Gasteiger partial charge in [-0.15, -0.1) is 12.4 Å².